The molecule has 0 amide bonds. The quantitative estimate of drug-likeness (QED) is 0.477. The molecule has 2 fully saturated rings. The van der Waals surface area contributed by atoms with Crippen molar-refractivity contribution in [2.75, 3.05) is 27.3 Å². The van der Waals surface area contributed by atoms with E-state index < -0.39 is 7.12 Å². The van der Waals surface area contributed by atoms with Crippen molar-refractivity contribution in [1.82, 2.24) is 14.9 Å². The third-order valence-corrected chi connectivity index (χ3v) is 7.18. The van der Waals surface area contributed by atoms with Crippen LogP contribution in [-0.2, 0) is 0 Å². The Morgan fingerprint density at radius 1 is 1.08 bits per heavy atom. The summed E-state index contributed by atoms with van der Waals surface area (Å²) in [6.07, 6.45) is 5.79. The van der Waals surface area contributed by atoms with Gasteiger partial charge in [0, 0.05) is 18.8 Å². The standard InChI is InChI=1S/C21H27N3O2.C7H6BNO2/c1-14-5-4-10-24(14)13-17-11-18(17)15-6-8-16(9-7-15)19-12-22-21(26-3)23-20(19)25-2;9-5-6-1-3-7(4-2-6)8(10)11/h6-9,12,14,17-18H,4-5,10-11,13H2,1-3H3;1-4,10-11H/t14-,17+,18+;/m0./s1. The van der Waals surface area contributed by atoms with E-state index in [1.165, 1.54) is 62.2 Å². The molecule has 0 unspecified atom stereocenters. The van der Waals surface area contributed by atoms with Crippen molar-refractivity contribution in [3.8, 4) is 29.1 Å². The highest BCUT2D eigenvalue weighted by Gasteiger charge is 2.40. The van der Waals surface area contributed by atoms with Crippen LogP contribution in [0.1, 0.15) is 43.2 Å². The van der Waals surface area contributed by atoms with Crippen molar-refractivity contribution >= 4 is 12.6 Å². The number of nitrogens with zero attached hydrogens (tertiary/aromatic N) is 4. The number of nitriles is 1. The summed E-state index contributed by atoms with van der Waals surface area (Å²) in [4.78, 5) is 11.1. The Labute approximate surface area is 218 Å². The van der Waals surface area contributed by atoms with E-state index in [9.17, 15) is 0 Å². The van der Waals surface area contributed by atoms with E-state index in [0.29, 0.717) is 28.8 Å². The molecule has 1 saturated heterocycles. The number of hydrogen-bond acceptors (Lipinski definition) is 8. The van der Waals surface area contributed by atoms with Gasteiger partial charge in [-0.05, 0) is 73.3 Å². The maximum absolute atomic E-state index is 8.66. The summed E-state index contributed by atoms with van der Waals surface area (Å²) < 4.78 is 10.5. The number of likely N-dealkylation sites (tertiary alicyclic amines) is 1. The first-order chi connectivity index (χ1) is 17.9. The van der Waals surface area contributed by atoms with Gasteiger partial charge in [0.2, 0.25) is 5.88 Å². The van der Waals surface area contributed by atoms with E-state index in [2.05, 4.69) is 46.1 Å². The normalized spacial score (nSPS) is 20.4. The van der Waals surface area contributed by atoms with Gasteiger partial charge in [-0.2, -0.15) is 10.2 Å². The van der Waals surface area contributed by atoms with Gasteiger partial charge in [-0.1, -0.05) is 36.4 Å². The number of hydrogen-bond donors (Lipinski definition) is 2. The Bertz CT molecular complexity index is 1210. The summed E-state index contributed by atoms with van der Waals surface area (Å²) in [6, 6.07) is 17.9. The Balaban J connectivity index is 0.000000245. The van der Waals surface area contributed by atoms with Crippen LogP contribution in [0.3, 0.4) is 0 Å². The molecular formula is C28H33BN4O4. The molecule has 2 N–H and O–H groups in total. The molecule has 1 saturated carbocycles. The first-order valence-corrected chi connectivity index (χ1v) is 12.6. The fraction of sp³-hybridized carbons (Fsp3) is 0.393. The van der Waals surface area contributed by atoms with E-state index in [1.807, 2.05) is 6.07 Å². The molecule has 9 heteroatoms. The minimum Gasteiger partial charge on any atom is -0.480 e. The molecule has 2 aliphatic rings. The molecule has 1 aliphatic carbocycles. The van der Waals surface area contributed by atoms with Crippen LogP contribution in [0.5, 0.6) is 11.9 Å². The topological polar surface area (TPSA) is 112 Å². The fourth-order valence-electron chi connectivity index (χ4n) is 4.87. The van der Waals surface area contributed by atoms with Crippen molar-refractivity contribution in [2.45, 2.75) is 38.1 Å². The van der Waals surface area contributed by atoms with Gasteiger partial charge in [-0.25, -0.2) is 4.98 Å². The second kappa shape index (κ2) is 12.2. The average Bonchev–Trinajstić information content (AvgIpc) is 3.60. The van der Waals surface area contributed by atoms with E-state index in [0.717, 1.165) is 23.1 Å². The van der Waals surface area contributed by atoms with E-state index in [-0.39, 0.29) is 0 Å². The molecule has 2 aromatic carbocycles. The fourth-order valence-corrected chi connectivity index (χ4v) is 4.87. The van der Waals surface area contributed by atoms with E-state index >= 15 is 0 Å². The Morgan fingerprint density at radius 3 is 2.38 bits per heavy atom. The summed E-state index contributed by atoms with van der Waals surface area (Å²) in [5.74, 6) is 2.07. The maximum Gasteiger partial charge on any atom is 0.488 e. The largest absolute Gasteiger partial charge is 0.488 e. The average molecular weight is 500 g/mol. The van der Waals surface area contributed by atoms with Crippen LogP contribution in [0.25, 0.3) is 11.1 Å². The summed E-state index contributed by atoms with van der Waals surface area (Å²) in [7, 11) is 1.72. The second-order valence-corrected chi connectivity index (χ2v) is 9.60. The van der Waals surface area contributed by atoms with Gasteiger partial charge in [0.1, 0.15) is 0 Å². The minimum absolute atomic E-state index is 0.319. The SMILES string of the molecule is COc1ncc(-c2ccc([C@H]3C[C@@H]3CN3CCC[C@@H]3C)cc2)c(OC)n1.N#Cc1ccc(B(O)O)cc1. The van der Waals surface area contributed by atoms with Gasteiger partial charge < -0.3 is 24.4 Å². The summed E-state index contributed by atoms with van der Waals surface area (Å²) >= 11 is 0. The van der Waals surface area contributed by atoms with Crippen molar-refractivity contribution in [2.24, 2.45) is 5.92 Å². The molecule has 1 aliphatic heterocycles. The van der Waals surface area contributed by atoms with Crippen LogP contribution in [-0.4, -0.2) is 65.4 Å². The van der Waals surface area contributed by atoms with Crippen molar-refractivity contribution in [1.29, 1.82) is 5.26 Å². The van der Waals surface area contributed by atoms with Crippen molar-refractivity contribution in [3.63, 3.8) is 0 Å². The van der Waals surface area contributed by atoms with Crippen molar-refractivity contribution < 1.29 is 19.5 Å². The smallest absolute Gasteiger partial charge is 0.480 e. The number of ether oxygens (including phenoxy) is 2. The molecule has 3 aromatic rings. The van der Waals surface area contributed by atoms with Crippen LogP contribution in [0.15, 0.2) is 54.7 Å². The van der Waals surface area contributed by atoms with Crippen LogP contribution >= 0.6 is 0 Å². The van der Waals surface area contributed by atoms with Crippen LogP contribution in [0.2, 0.25) is 0 Å². The van der Waals surface area contributed by atoms with Crippen LogP contribution in [0, 0.1) is 17.2 Å². The number of aromatic nitrogens is 2. The Kier molecular flexibility index (Phi) is 8.77. The van der Waals surface area contributed by atoms with Gasteiger partial charge in [-0.15, -0.1) is 0 Å². The monoisotopic (exact) mass is 500 g/mol. The third-order valence-electron chi connectivity index (χ3n) is 7.18. The van der Waals surface area contributed by atoms with Gasteiger partial charge in [0.25, 0.3) is 0 Å². The lowest BCUT2D eigenvalue weighted by Gasteiger charge is -2.20. The third kappa shape index (κ3) is 6.66. The zero-order valence-corrected chi connectivity index (χ0v) is 21.5. The number of methoxy groups -OCH3 is 2. The van der Waals surface area contributed by atoms with E-state index in [4.69, 9.17) is 24.8 Å². The molecule has 37 heavy (non-hydrogen) atoms. The molecule has 3 atom stereocenters. The minimum atomic E-state index is -1.46. The van der Waals surface area contributed by atoms with E-state index in [1.54, 1.807) is 20.4 Å². The molecule has 2 heterocycles. The predicted octanol–water partition coefficient (Wildman–Crippen LogP) is 2.99. The van der Waals surface area contributed by atoms with Gasteiger partial charge >= 0.3 is 13.1 Å². The molecule has 5 rings (SSSR count). The van der Waals surface area contributed by atoms with Gasteiger partial charge in [0.15, 0.2) is 0 Å². The molecular weight excluding hydrogens is 467 g/mol. The highest BCUT2D eigenvalue weighted by Crippen LogP contribution is 2.48. The first kappa shape index (κ1) is 26.6. The molecule has 8 nitrogen and oxygen atoms in total. The molecule has 1 aromatic heterocycles. The van der Waals surface area contributed by atoms with Gasteiger partial charge in [0.05, 0.1) is 31.4 Å². The summed E-state index contributed by atoms with van der Waals surface area (Å²) in [6.45, 7) is 4.90. The van der Waals surface area contributed by atoms with Crippen LogP contribution < -0.4 is 14.9 Å². The Morgan fingerprint density at radius 2 is 1.81 bits per heavy atom. The number of benzene rings is 2. The lowest BCUT2D eigenvalue weighted by molar-refractivity contribution is 0.256. The van der Waals surface area contributed by atoms with Crippen LogP contribution in [0.4, 0.5) is 0 Å². The molecule has 192 valence electrons. The second-order valence-electron chi connectivity index (χ2n) is 9.60. The molecule has 0 radical (unpaired) electrons. The van der Waals surface area contributed by atoms with Crippen molar-refractivity contribution in [3.05, 3.63) is 65.9 Å². The van der Waals surface area contributed by atoms with Gasteiger partial charge in [-0.3, -0.25) is 0 Å². The Hall–Kier alpha value is -3.45. The molecule has 0 spiro atoms. The summed E-state index contributed by atoms with van der Waals surface area (Å²) in [5.41, 5.74) is 4.30. The maximum atomic E-state index is 8.66. The highest BCUT2D eigenvalue weighted by molar-refractivity contribution is 6.58. The zero-order valence-electron chi connectivity index (χ0n) is 21.5. The number of rotatable bonds is 7. The zero-order chi connectivity index (χ0) is 26.4. The highest BCUT2D eigenvalue weighted by atomic mass is 16.5. The lowest BCUT2D eigenvalue weighted by atomic mass is 9.80. The molecule has 0 bridgehead atoms. The summed E-state index contributed by atoms with van der Waals surface area (Å²) in [5, 5.41) is 25.7. The first-order valence-electron chi connectivity index (χ1n) is 12.6. The predicted molar refractivity (Wildman–Crippen MR) is 143 cm³/mol. The lowest BCUT2D eigenvalue weighted by Crippen LogP contribution is -2.29.